The third-order valence-corrected chi connectivity index (χ3v) is 3.76. The van der Waals surface area contributed by atoms with Gasteiger partial charge < -0.3 is 14.7 Å². The molecule has 4 nitrogen and oxygen atoms in total. The van der Waals surface area contributed by atoms with E-state index in [9.17, 15) is 9.90 Å². The molecule has 0 aliphatic heterocycles. The van der Waals surface area contributed by atoms with E-state index in [1.165, 1.54) is 0 Å². The molecule has 1 saturated carbocycles. The fraction of sp³-hybridized carbons (Fsp3) is 0.533. The van der Waals surface area contributed by atoms with Crippen LogP contribution >= 0.6 is 0 Å². The van der Waals surface area contributed by atoms with Gasteiger partial charge in [0.15, 0.2) is 0 Å². The van der Waals surface area contributed by atoms with Gasteiger partial charge in [-0.2, -0.15) is 0 Å². The number of carbonyl (C=O) groups is 1. The summed E-state index contributed by atoms with van der Waals surface area (Å²) in [6.45, 7) is 2.58. The number of hydrogen-bond acceptors (Lipinski definition) is 3. The van der Waals surface area contributed by atoms with Crippen molar-refractivity contribution in [2.24, 2.45) is 5.41 Å². The quantitative estimate of drug-likeness (QED) is 0.857. The Morgan fingerprint density at radius 3 is 2.32 bits per heavy atom. The van der Waals surface area contributed by atoms with E-state index >= 15 is 0 Å². The van der Waals surface area contributed by atoms with Crippen LogP contribution in [0.25, 0.3) is 0 Å². The predicted octanol–water partition coefficient (Wildman–Crippen LogP) is 2.55. The molecule has 1 aromatic rings. The predicted molar refractivity (Wildman–Crippen MR) is 73.3 cm³/mol. The largest absolute Gasteiger partial charge is 0.494 e. The van der Waals surface area contributed by atoms with Crippen molar-refractivity contribution in [1.29, 1.82) is 0 Å². The van der Waals surface area contributed by atoms with Crippen LogP contribution in [0.15, 0.2) is 24.3 Å². The summed E-state index contributed by atoms with van der Waals surface area (Å²) in [6.07, 6.45) is 1.50. The highest BCUT2D eigenvalue weighted by Crippen LogP contribution is 2.57. The van der Waals surface area contributed by atoms with Gasteiger partial charge in [0.25, 0.3) is 0 Å². The molecule has 0 heterocycles. The highest BCUT2D eigenvalue weighted by Gasteiger charge is 2.57. The van der Waals surface area contributed by atoms with Gasteiger partial charge in [-0.05, 0) is 51.6 Å². The van der Waals surface area contributed by atoms with Crippen molar-refractivity contribution >= 4 is 5.97 Å². The van der Waals surface area contributed by atoms with Crippen molar-refractivity contribution in [3.05, 3.63) is 29.8 Å². The van der Waals surface area contributed by atoms with Crippen LogP contribution in [0.4, 0.5) is 0 Å². The summed E-state index contributed by atoms with van der Waals surface area (Å²) < 4.78 is 5.42. The van der Waals surface area contributed by atoms with Crippen LogP contribution < -0.4 is 4.74 Å². The fourth-order valence-electron chi connectivity index (χ4n) is 2.76. The number of ether oxygens (including phenoxy) is 1. The molecular formula is C15H21NO3. The molecule has 104 valence electrons. The van der Waals surface area contributed by atoms with Crippen molar-refractivity contribution in [1.82, 2.24) is 4.90 Å². The molecule has 1 unspecified atom stereocenters. The average molecular weight is 263 g/mol. The van der Waals surface area contributed by atoms with E-state index in [2.05, 4.69) is 0 Å². The maximum absolute atomic E-state index is 11.5. The Hall–Kier alpha value is -1.55. The summed E-state index contributed by atoms with van der Waals surface area (Å²) in [5.74, 6) is 0.129. The van der Waals surface area contributed by atoms with Gasteiger partial charge in [-0.3, -0.25) is 4.79 Å². The maximum atomic E-state index is 11.5. The molecule has 1 fully saturated rings. The molecule has 0 amide bonds. The number of nitrogens with zero attached hydrogens (tertiary/aromatic N) is 1. The van der Waals surface area contributed by atoms with E-state index in [-0.39, 0.29) is 6.04 Å². The minimum atomic E-state index is -0.694. The number of rotatable bonds is 6. The van der Waals surface area contributed by atoms with Crippen LogP contribution in [-0.2, 0) is 4.79 Å². The molecule has 1 aliphatic carbocycles. The highest BCUT2D eigenvalue weighted by molar-refractivity contribution is 5.79. The van der Waals surface area contributed by atoms with Crippen LogP contribution in [0.5, 0.6) is 5.75 Å². The molecule has 19 heavy (non-hydrogen) atoms. The van der Waals surface area contributed by atoms with Crippen molar-refractivity contribution in [2.45, 2.75) is 25.8 Å². The average Bonchev–Trinajstić information content (AvgIpc) is 3.13. The van der Waals surface area contributed by atoms with E-state index in [1.807, 2.05) is 50.2 Å². The molecule has 1 aliphatic rings. The van der Waals surface area contributed by atoms with E-state index in [0.717, 1.165) is 24.2 Å². The third-order valence-electron chi connectivity index (χ3n) is 3.76. The second-order valence-electron chi connectivity index (χ2n) is 5.33. The number of carboxylic acids is 1. The molecule has 2 rings (SSSR count). The Morgan fingerprint density at radius 2 is 1.95 bits per heavy atom. The lowest BCUT2D eigenvalue weighted by atomic mass is 9.89. The van der Waals surface area contributed by atoms with Gasteiger partial charge in [0.05, 0.1) is 18.1 Å². The van der Waals surface area contributed by atoms with Crippen LogP contribution in [0, 0.1) is 5.41 Å². The Labute approximate surface area is 114 Å². The lowest BCUT2D eigenvalue weighted by Gasteiger charge is -2.30. The van der Waals surface area contributed by atoms with Gasteiger partial charge in [-0.15, -0.1) is 0 Å². The van der Waals surface area contributed by atoms with Gasteiger partial charge >= 0.3 is 5.97 Å². The summed E-state index contributed by atoms with van der Waals surface area (Å²) in [4.78, 5) is 13.5. The second-order valence-corrected chi connectivity index (χ2v) is 5.33. The summed E-state index contributed by atoms with van der Waals surface area (Å²) in [7, 11) is 3.87. The smallest absolute Gasteiger partial charge is 0.311 e. The normalized spacial score (nSPS) is 18.1. The van der Waals surface area contributed by atoms with Crippen molar-refractivity contribution in [3.63, 3.8) is 0 Å². The maximum Gasteiger partial charge on any atom is 0.311 e. The molecule has 1 aromatic carbocycles. The van der Waals surface area contributed by atoms with E-state index in [4.69, 9.17) is 4.74 Å². The minimum Gasteiger partial charge on any atom is -0.494 e. The number of aliphatic carboxylic acids is 1. The van der Waals surface area contributed by atoms with Crippen LogP contribution in [-0.4, -0.2) is 36.7 Å². The zero-order valence-electron chi connectivity index (χ0n) is 11.7. The number of benzene rings is 1. The van der Waals surface area contributed by atoms with E-state index in [0.29, 0.717) is 6.61 Å². The first kappa shape index (κ1) is 13.9. The summed E-state index contributed by atoms with van der Waals surface area (Å²) in [5.41, 5.74) is 0.421. The molecule has 0 spiro atoms. The molecule has 4 heteroatoms. The first-order valence-corrected chi connectivity index (χ1v) is 6.64. The number of hydrogen-bond donors (Lipinski definition) is 1. The first-order valence-electron chi connectivity index (χ1n) is 6.64. The monoisotopic (exact) mass is 263 g/mol. The summed E-state index contributed by atoms with van der Waals surface area (Å²) in [6, 6.07) is 7.68. The molecule has 0 bridgehead atoms. The van der Waals surface area contributed by atoms with Crippen molar-refractivity contribution in [3.8, 4) is 5.75 Å². The van der Waals surface area contributed by atoms with Gasteiger partial charge in [0.1, 0.15) is 5.75 Å². The van der Waals surface area contributed by atoms with Crippen molar-refractivity contribution in [2.75, 3.05) is 20.7 Å². The standard InChI is InChI=1S/C15H21NO3/c1-4-19-12-7-5-11(6-8-12)13(16(2)3)15(9-10-15)14(17)18/h5-8,13H,4,9-10H2,1-3H3,(H,17,18). The highest BCUT2D eigenvalue weighted by atomic mass is 16.5. The van der Waals surface area contributed by atoms with Crippen LogP contribution in [0.3, 0.4) is 0 Å². The Balaban J connectivity index is 2.27. The zero-order valence-corrected chi connectivity index (χ0v) is 11.7. The van der Waals surface area contributed by atoms with Gasteiger partial charge in [-0.25, -0.2) is 0 Å². The molecular weight excluding hydrogens is 242 g/mol. The SMILES string of the molecule is CCOc1ccc(C(N(C)C)C2(C(=O)O)CC2)cc1. The summed E-state index contributed by atoms with van der Waals surface area (Å²) >= 11 is 0. The van der Waals surface area contributed by atoms with Crippen molar-refractivity contribution < 1.29 is 14.6 Å². The van der Waals surface area contributed by atoms with Gasteiger partial charge in [0.2, 0.25) is 0 Å². The lowest BCUT2D eigenvalue weighted by Crippen LogP contribution is -2.33. The molecule has 0 saturated heterocycles. The van der Waals surface area contributed by atoms with Gasteiger partial charge in [0, 0.05) is 0 Å². The molecule has 0 radical (unpaired) electrons. The fourth-order valence-corrected chi connectivity index (χ4v) is 2.76. The second kappa shape index (κ2) is 5.21. The molecule has 1 N–H and O–H groups in total. The van der Waals surface area contributed by atoms with E-state index < -0.39 is 11.4 Å². The zero-order chi connectivity index (χ0) is 14.0. The Bertz CT molecular complexity index is 449. The van der Waals surface area contributed by atoms with Crippen LogP contribution in [0.1, 0.15) is 31.4 Å². The Morgan fingerprint density at radius 1 is 1.37 bits per heavy atom. The topological polar surface area (TPSA) is 49.8 Å². The number of carboxylic acid groups (broad SMARTS) is 1. The lowest BCUT2D eigenvalue weighted by molar-refractivity contribution is -0.146. The van der Waals surface area contributed by atoms with E-state index in [1.54, 1.807) is 0 Å². The minimum absolute atomic E-state index is 0.0827. The third kappa shape index (κ3) is 2.59. The first-order chi connectivity index (χ1) is 9.01. The molecule has 1 atom stereocenters. The summed E-state index contributed by atoms with van der Waals surface area (Å²) in [5, 5.41) is 9.47. The van der Waals surface area contributed by atoms with Crippen LogP contribution in [0.2, 0.25) is 0 Å². The molecule has 0 aromatic heterocycles. The van der Waals surface area contributed by atoms with Gasteiger partial charge in [-0.1, -0.05) is 12.1 Å². The Kier molecular flexibility index (Phi) is 3.80.